The smallest absolute Gasteiger partial charge is 0.213 e. The minimum atomic E-state index is 0.107. The van der Waals surface area contributed by atoms with E-state index in [0.29, 0.717) is 5.88 Å². The Labute approximate surface area is 79.0 Å². The fourth-order valence-corrected chi connectivity index (χ4v) is 1.11. The number of aryl methyl sites for hydroxylation is 1. The number of hydrogen-bond donors (Lipinski definition) is 0. The lowest BCUT2D eigenvalue weighted by molar-refractivity contribution is 0.396. The average molecular weight is 175 g/mol. The number of terminal acetylenes is 1. The monoisotopic (exact) mass is 175 g/mol. The highest BCUT2D eigenvalue weighted by atomic mass is 16.5. The van der Waals surface area contributed by atoms with Crippen molar-refractivity contribution >= 4 is 0 Å². The number of pyridine rings is 1. The molecule has 0 aromatic carbocycles. The van der Waals surface area contributed by atoms with Crippen molar-refractivity contribution in [3.63, 3.8) is 0 Å². The maximum atomic E-state index is 5.33. The number of aromatic nitrogens is 1. The van der Waals surface area contributed by atoms with Gasteiger partial charge in [-0.25, -0.2) is 4.98 Å². The SMILES string of the molecule is C#CC(C)c1cc(C)nc(OC)c1. The zero-order chi connectivity index (χ0) is 9.84. The second-order valence-corrected chi connectivity index (χ2v) is 2.97. The molecule has 0 N–H and O–H groups in total. The molecule has 1 heterocycles. The summed E-state index contributed by atoms with van der Waals surface area (Å²) >= 11 is 0. The Morgan fingerprint density at radius 1 is 1.54 bits per heavy atom. The molecule has 1 unspecified atom stereocenters. The Morgan fingerprint density at radius 2 is 2.23 bits per heavy atom. The Kier molecular flexibility index (Phi) is 2.92. The van der Waals surface area contributed by atoms with Gasteiger partial charge in [-0.3, -0.25) is 0 Å². The molecule has 0 aliphatic heterocycles. The van der Waals surface area contributed by atoms with Crippen LogP contribution in [-0.4, -0.2) is 12.1 Å². The fraction of sp³-hybridized carbons (Fsp3) is 0.364. The maximum Gasteiger partial charge on any atom is 0.213 e. The molecular weight excluding hydrogens is 162 g/mol. The first kappa shape index (κ1) is 9.60. The number of nitrogens with zero attached hydrogens (tertiary/aromatic N) is 1. The summed E-state index contributed by atoms with van der Waals surface area (Å²) in [7, 11) is 1.60. The van der Waals surface area contributed by atoms with Gasteiger partial charge in [0.1, 0.15) is 0 Å². The molecule has 1 aromatic heterocycles. The summed E-state index contributed by atoms with van der Waals surface area (Å²) in [5.74, 6) is 3.41. The molecule has 0 fully saturated rings. The van der Waals surface area contributed by atoms with Crippen molar-refractivity contribution in [2.75, 3.05) is 7.11 Å². The summed E-state index contributed by atoms with van der Waals surface area (Å²) in [4.78, 5) is 4.18. The lowest BCUT2D eigenvalue weighted by Gasteiger charge is -2.07. The third-order valence-electron chi connectivity index (χ3n) is 1.91. The molecule has 13 heavy (non-hydrogen) atoms. The fourth-order valence-electron chi connectivity index (χ4n) is 1.11. The predicted octanol–water partition coefficient (Wildman–Crippen LogP) is 2.14. The Balaban J connectivity index is 3.10. The molecule has 0 aliphatic rings. The van der Waals surface area contributed by atoms with Crippen molar-refractivity contribution < 1.29 is 4.74 Å². The molecule has 0 amide bonds. The third-order valence-corrected chi connectivity index (χ3v) is 1.91. The minimum absolute atomic E-state index is 0.107. The lowest BCUT2D eigenvalue weighted by Crippen LogP contribution is -1.95. The van der Waals surface area contributed by atoms with Crippen molar-refractivity contribution in [3.8, 4) is 18.2 Å². The summed E-state index contributed by atoms with van der Waals surface area (Å²) < 4.78 is 5.05. The number of methoxy groups -OCH3 is 1. The van der Waals surface area contributed by atoms with Gasteiger partial charge in [0.15, 0.2) is 0 Å². The molecule has 2 heteroatoms. The van der Waals surface area contributed by atoms with Crippen LogP contribution >= 0.6 is 0 Å². The van der Waals surface area contributed by atoms with E-state index in [2.05, 4.69) is 10.9 Å². The van der Waals surface area contributed by atoms with Crippen molar-refractivity contribution in [2.45, 2.75) is 19.8 Å². The highest BCUT2D eigenvalue weighted by Crippen LogP contribution is 2.19. The van der Waals surface area contributed by atoms with Crippen LogP contribution in [0.15, 0.2) is 12.1 Å². The molecule has 0 saturated heterocycles. The summed E-state index contributed by atoms with van der Waals surface area (Å²) in [6, 6.07) is 3.85. The van der Waals surface area contributed by atoms with Crippen LogP contribution in [0.5, 0.6) is 5.88 Å². The first-order chi connectivity index (χ1) is 6.17. The first-order valence-corrected chi connectivity index (χ1v) is 4.16. The van der Waals surface area contributed by atoms with E-state index in [4.69, 9.17) is 11.2 Å². The Bertz CT molecular complexity index is 338. The van der Waals surface area contributed by atoms with E-state index in [9.17, 15) is 0 Å². The molecule has 0 spiro atoms. The quantitative estimate of drug-likeness (QED) is 0.642. The van der Waals surface area contributed by atoms with Crippen LogP contribution in [0.25, 0.3) is 0 Å². The van der Waals surface area contributed by atoms with Gasteiger partial charge in [-0.2, -0.15) is 0 Å². The second-order valence-electron chi connectivity index (χ2n) is 2.97. The van der Waals surface area contributed by atoms with E-state index in [1.54, 1.807) is 7.11 Å². The van der Waals surface area contributed by atoms with Crippen LogP contribution in [0.2, 0.25) is 0 Å². The van der Waals surface area contributed by atoms with Gasteiger partial charge in [0.25, 0.3) is 0 Å². The van der Waals surface area contributed by atoms with Gasteiger partial charge >= 0.3 is 0 Å². The number of rotatable bonds is 2. The van der Waals surface area contributed by atoms with Gasteiger partial charge in [0, 0.05) is 17.7 Å². The van der Waals surface area contributed by atoms with Crippen LogP contribution in [0.4, 0.5) is 0 Å². The van der Waals surface area contributed by atoms with E-state index >= 15 is 0 Å². The van der Waals surface area contributed by atoms with E-state index in [1.165, 1.54) is 0 Å². The molecule has 1 atom stereocenters. The molecule has 2 nitrogen and oxygen atoms in total. The van der Waals surface area contributed by atoms with Gasteiger partial charge in [-0.1, -0.05) is 5.92 Å². The Hall–Kier alpha value is -1.49. The lowest BCUT2D eigenvalue weighted by atomic mass is 10.0. The van der Waals surface area contributed by atoms with Gasteiger partial charge < -0.3 is 4.74 Å². The highest BCUT2D eigenvalue weighted by molar-refractivity contribution is 5.31. The standard InChI is InChI=1S/C11H13NO/c1-5-8(2)10-6-9(3)12-11(7-10)13-4/h1,6-8H,2-4H3. The molecule has 0 bridgehead atoms. The minimum Gasteiger partial charge on any atom is -0.481 e. The number of hydrogen-bond acceptors (Lipinski definition) is 2. The van der Waals surface area contributed by atoms with Crippen LogP contribution in [0.3, 0.4) is 0 Å². The van der Waals surface area contributed by atoms with E-state index < -0.39 is 0 Å². The average Bonchev–Trinajstić information content (AvgIpc) is 2.15. The summed E-state index contributed by atoms with van der Waals surface area (Å²) in [5.41, 5.74) is 2.00. The topological polar surface area (TPSA) is 22.1 Å². The van der Waals surface area contributed by atoms with Gasteiger partial charge in [-0.15, -0.1) is 6.42 Å². The summed E-state index contributed by atoms with van der Waals surface area (Å²) in [6.45, 7) is 3.91. The van der Waals surface area contributed by atoms with Crippen molar-refractivity contribution in [2.24, 2.45) is 0 Å². The Morgan fingerprint density at radius 3 is 2.77 bits per heavy atom. The summed E-state index contributed by atoms with van der Waals surface area (Å²) in [6.07, 6.45) is 5.33. The first-order valence-electron chi connectivity index (χ1n) is 4.16. The molecule has 1 aromatic rings. The highest BCUT2D eigenvalue weighted by Gasteiger charge is 2.05. The van der Waals surface area contributed by atoms with Crippen molar-refractivity contribution in [1.82, 2.24) is 4.98 Å². The second kappa shape index (κ2) is 3.95. The zero-order valence-electron chi connectivity index (χ0n) is 8.16. The molecule has 1 rings (SSSR count). The van der Waals surface area contributed by atoms with Crippen LogP contribution in [0, 0.1) is 19.3 Å². The maximum absolute atomic E-state index is 5.33. The normalized spacial score (nSPS) is 11.8. The zero-order valence-corrected chi connectivity index (χ0v) is 8.16. The molecule has 68 valence electrons. The van der Waals surface area contributed by atoms with E-state index in [-0.39, 0.29) is 5.92 Å². The molecular formula is C11H13NO. The molecule has 0 radical (unpaired) electrons. The van der Waals surface area contributed by atoms with Crippen molar-refractivity contribution in [1.29, 1.82) is 0 Å². The van der Waals surface area contributed by atoms with Gasteiger partial charge in [-0.05, 0) is 25.5 Å². The predicted molar refractivity (Wildman–Crippen MR) is 52.8 cm³/mol. The largest absolute Gasteiger partial charge is 0.481 e. The van der Waals surface area contributed by atoms with E-state index in [0.717, 1.165) is 11.3 Å². The van der Waals surface area contributed by atoms with Crippen LogP contribution in [0.1, 0.15) is 24.1 Å². The van der Waals surface area contributed by atoms with E-state index in [1.807, 2.05) is 26.0 Å². The van der Waals surface area contributed by atoms with Gasteiger partial charge in [0.2, 0.25) is 5.88 Å². The van der Waals surface area contributed by atoms with Gasteiger partial charge in [0.05, 0.1) is 7.11 Å². The van der Waals surface area contributed by atoms with Crippen LogP contribution < -0.4 is 4.74 Å². The molecule has 0 saturated carbocycles. The van der Waals surface area contributed by atoms with Crippen molar-refractivity contribution in [3.05, 3.63) is 23.4 Å². The molecule has 0 aliphatic carbocycles. The third kappa shape index (κ3) is 2.22. The van der Waals surface area contributed by atoms with Crippen LogP contribution in [-0.2, 0) is 0 Å². The number of ether oxygens (including phenoxy) is 1. The summed E-state index contributed by atoms with van der Waals surface area (Å²) in [5, 5.41) is 0.